The van der Waals surface area contributed by atoms with Crippen LogP contribution >= 0.6 is 0 Å². The van der Waals surface area contributed by atoms with Gasteiger partial charge in [-0.2, -0.15) is 0 Å². The Morgan fingerprint density at radius 1 is 1.58 bits per heavy atom. The Bertz CT molecular complexity index is 183. The monoisotopic (exact) mass is 169 g/mol. The topological polar surface area (TPSA) is 38.3 Å². The van der Waals surface area contributed by atoms with E-state index in [4.69, 9.17) is 4.74 Å². The normalized spacial score (nSPS) is 21.4. The first kappa shape index (κ1) is 9.26. The Kier molecular flexibility index (Phi) is 2.87. The largest absolute Gasteiger partial charge is 0.468 e. The quantitative estimate of drug-likeness (QED) is 0.489. The first-order valence-corrected chi connectivity index (χ1v) is 4.18. The smallest absolute Gasteiger partial charge is 0.315 e. The van der Waals surface area contributed by atoms with Crippen molar-refractivity contribution < 1.29 is 9.53 Å². The van der Waals surface area contributed by atoms with Crippen molar-refractivity contribution in [1.82, 2.24) is 5.32 Å². The van der Waals surface area contributed by atoms with Crippen LogP contribution in [0.15, 0.2) is 12.7 Å². The van der Waals surface area contributed by atoms with Gasteiger partial charge in [0, 0.05) is 0 Å². The van der Waals surface area contributed by atoms with E-state index in [1.165, 1.54) is 7.11 Å². The highest BCUT2D eigenvalue weighted by Crippen LogP contribution is 2.31. The molecule has 1 rings (SSSR count). The summed E-state index contributed by atoms with van der Waals surface area (Å²) in [5.41, 5.74) is -0.431. The minimum absolute atomic E-state index is 0.154. The van der Waals surface area contributed by atoms with Gasteiger partial charge in [-0.05, 0) is 25.9 Å². The lowest BCUT2D eigenvalue weighted by molar-refractivity contribution is -0.151. The minimum atomic E-state index is -0.431. The molecule has 0 aromatic carbocycles. The van der Waals surface area contributed by atoms with E-state index in [0.29, 0.717) is 0 Å². The fourth-order valence-electron chi connectivity index (χ4n) is 1.57. The minimum Gasteiger partial charge on any atom is -0.468 e. The predicted molar refractivity (Wildman–Crippen MR) is 46.7 cm³/mol. The Hall–Kier alpha value is -0.830. The fraction of sp³-hybridized carbons (Fsp3) is 0.667. The fourth-order valence-corrected chi connectivity index (χ4v) is 1.57. The zero-order valence-corrected chi connectivity index (χ0v) is 7.43. The van der Waals surface area contributed by atoms with Crippen molar-refractivity contribution in [3.63, 3.8) is 0 Å². The molecule has 0 aromatic rings. The van der Waals surface area contributed by atoms with Gasteiger partial charge in [-0.3, -0.25) is 4.79 Å². The van der Waals surface area contributed by atoms with Crippen LogP contribution in [0.5, 0.6) is 0 Å². The SMILES string of the molecule is C=CC1(C(=O)OC)CCNCC1. The number of nitrogens with one attached hydrogen (secondary N) is 1. The molecule has 1 saturated heterocycles. The van der Waals surface area contributed by atoms with Gasteiger partial charge in [0.15, 0.2) is 0 Å². The second kappa shape index (κ2) is 3.72. The van der Waals surface area contributed by atoms with Gasteiger partial charge in [0.2, 0.25) is 0 Å². The molecule has 1 heterocycles. The van der Waals surface area contributed by atoms with Gasteiger partial charge in [0.05, 0.1) is 12.5 Å². The molecule has 0 unspecified atom stereocenters. The lowest BCUT2D eigenvalue weighted by Crippen LogP contribution is -2.41. The highest BCUT2D eigenvalue weighted by Gasteiger charge is 2.37. The number of carbonyl (C=O) groups excluding carboxylic acids is 1. The summed E-state index contributed by atoms with van der Waals surface area (Å²) in [4.78, 5) is 11.4. The second-order valence-electron chi connectivity index (χ2n) is 3.10. The van der Waals surface area contributed by atoms with Crippen molar-refractivity contribution in [3.05, 3.63) is 12.7 Å². The maximum atomic E-state index is 11.4. The highest BCUT2D eigenvalue weighted by atomic mass is 16.5. The molecule has 3 heteroatoms. The van der Waals surface area contributed by atoms with E-state index in [1.54, 1.807) is 6.08 Å². The molecule has 0 aliphatic carbocycles. The zero-order chi connectivity index (χ0) is 9.03. The van der Waals surface area contributed by atoms with Crippen LogP contribution in [-0.4, -0.2) is 26.2 Å². The van der Waals surface area contributed by atoms with Crippen LogP contribution < -0.4 is 5.32 Å². The molecule has 12 heavy (non-hydrogen) atoms. The van der Waals surface area contributed by atoms with Crippen molar-refractivity contribution in [2.45, 2.75) is 12.8 Å². The van der Waals surface area contributed by atoms with Crippen molar-refractivity contribution in [3.8, 4) is 0 Å². The Labute approximate surface area is 72.8 Å². The molecule has 0 atom stereocenters. The summed E-state index contributed by atoms with van der Waals surface area (Å²) in [6.07, 6.45) is 3.31. The molecular formula is C9H15NO2. The van der Waals surface area contributed by atoms with Gasteiger partial charge in [-0.25, -0.2) is 0 Å². The molecule has 1 aliphatic rings. The first-order chi connectivity index (χ1) is 5.75. The summed E-state index contributed by atoms with van der Waals surface area (Å²) in [6, 6.07) is 0. The molecule has 1 N–H and O–H groups in total. The van der Waals surface area contributed by atoms with E-state index in [-0.39, 0.29) is 5.97 Å². The molecule has 0 saturated carbocycles. The van der Waals surface area contributed by atoms with Gasteiger partial charge in [0.25, 0.3) is 0 Å². The summed E-state index contributed by atoms with van der Waals surface area (Å²) in [6.45, 7) is 5.42. The van der Waals surface area contributed by atoms with Crippen molar-refractivity contribution in [2.75, 3.05) is 20.2 Å². The molecule has 0 bridgehead atoms. The molecule has 68 valence electrons. The van der Waals surface area contributed by atoms with E-state index < -0.39 is 5.41 Å². The number of esters is 1. The third kappa shape index (κ3) is 1.50. The molecule has 0 amide bonds. The van der Waals surface area contributed by atoms with Crippen molar-refractivity contribution >= 4 is 5.97 Å². The lowest BCUT2D eigenvalue weighted by atomic mass is 9.79. The van der Waals surface area contributed by atoms with Crippen LogP contribution in [0.25, 0.3) is 0 Å². The number of rotatable bonds is 2. The lowest BCUT2D eigenvalue weighted by Gasteiger charge is -2.31. The number of ether oxygens (including phenoxy) is 1. The van der Waals surface area contributed by atoms with E-state index in [0.717, 1.165) is 25.9 Å². The second-order valence-corrected chi connectivity index (χ2v) is 3.10. The molecule has 0 radical (unpaired) electrons. The zero-order valence-electron chi connectivity index (χ0n) is 7.43. The summed E-state index contributed by atoms with van der Waals surface area (Å²) in [5, 5.41) is 3.20. The Morgan fingerprint density at radius 3 is 2.58 bits per heavy atom. The summed E-state index contributed by atoms with van der Waals surface area (Å²) in [7, 11) is 1.43. The summed E-state index contributed by atoms with van der Waals surface area (Å²) >= 11 is 0. The van der Waals surface area contributed by atoms with Crippen LogP contribution in [0.4, 0.5) is 0 Å². The molecular weight excluding hydrogens is 154 g/mol. The van der Waals surface area contributed by atoms with Crippen LogP contribution in [-0.2, 0) is 9.53 Å². The molecule has 0 aromatic heterocycles. The predicted octanol–water partition coefficient (Wildman–Crippen LogP) is 0.715. The van der Waals surface area contributed by atoms with E-state index in [9.17, 15) is 4.79 Å². The van der Waals surface area contributed by atoms with Gasteiger partial charge in [-0.15, -0.1) is 6.58 Å². The standard InChI is InChI=1S/C9H15NO2/c1-3-9(8(11)12-2)4-6-10-7-5-9/h3,10H,1,4-7H2,2H3. The third-order valence-corrected chi connectivity index (χ3v) is 2.48. The third-order valence-electron chi connectivity index (χ3n) is 2.48. The molecule has 1 fully saturated rings. The molecule has 3 nitrogen and oxygen atoms in total. The first-order valence-electron chi connectivity index (χ1n) is 4.18. The average Bonchev–Trinajstić information content (AvgIpc) is 2.17. The van der Waals surface area contributed by atoms with Crippen LogP contribution in [0, 0.1) is 5.41 Å². The van der Waals surface area contributed by atoms with Crippen LogP contribution in [0.3, 0.4) is 0 Å². The number of hydrogen-bond donors (Lipinski definition) is 1. The molecule has 1 aliphatic heterocycles. The van der Waals surface area contributed by atoms with E-state index in [2.05, 4.69) is 11.9 Å². The maximum absolute atomic E-state index is 11.4. The van der Waals surface area contributed by atoms with Gasteiger partial charge in [-0.1, -0.05) is 6.08 Å². The number of piperidine rings is 1. The highest BCUT2D eigenvalue weighted by molar-refractivity contribution is 5.79. The summed E-state index contributed by atoms with van der Waals surface area (Å²) in [5.74, 6) is -0.154. The van der Waals surface area contributed by atoms with Crippen LogP contribution in [0.2, 0.25) is 0 Å². The van der Waals surface area contributed by atoms with Crippen molar-refractivity contribution in [2.24, 2.45) is 5.41 Å². The average molecular weight is 169 g/mol. The number of methoxy groups -OCH3 is 1. The summed E-state index contributed by atoms with van der Waals surface area (Å²) < 4.78 is 4.75. The number of hydrogen-bond acceptors (Lipinski definition) is 3. The van der Waals surface area contributed by atoms with Gasteiger partial charge >= 0.3 is 5.97 Å². The maximum Gasteiger partial charge on any atom is 0.315 e. The van der Waals surface area contributed by atoms with E-state index >= 15 is 0 Å². The molecule has 0 spiro atoms. The van der Waals surface area contributed by atoms with Gasteiger partial charge in [0.1, 0.15) is 0 Å². The van der Waals surface area contributed by atoms with Crippen LogP contribution in [0.1, 0.15) is 12.8 Å². The van der Waals surface area contributed by atoms with E-state index in [1.807, 2.05) is 0 Å². The number of carbonyl (C=O) groups is 1. The van der Waals surface area contributed by atoms with Crippen molar-refractivity contribution in [1.29, 1.82) is 0 Å². The Morgan fingerprint density at radius 2 is 2.17 bits per heavy atom. The Balaban J connectivity index is 2.72. The van der Waals surface area contributed by atoms with Gasteiger partial charge < -0.3 is 10.1 Å².